The Morgan fingerprint density at radius 3 is 2.44 bits per heavy atom. The minimum Gasteiger partial charge on any atom is -0.459 e. The summed E-state index contributed by atoms with van der Waals surface area (Å²) in [6, 6.07) is 16.4. The molecule has 0 saturated heterocycles. The lowest BCUT2D eigenvalue weighted by Gasteiger charge is -2.23. The van der Waals surface area contributed by atoms with E-state index < -0.39 is 23.7 Å². The van der Waals surface area contributed by atoms with Crippen molar-refractivity contribution in [3.8, 4) is 0 Å². The number of imidazole rings is 1. The fourth-order valence-electron chi connectivity index (χ4n) is 3.71. The first-order valence-corrected chi connectivity index (χ1v) is 11.9. The number of rotatable bonds is 10. The second kappa shape index (κ2) is 11.7. The van der Waals surface area contributed by atoms with Gasteiger partial charge >= 0.3 is 12.1 Å². The normalized spacial score (nSPS) is 12.4. The third-order valence-electron chi connectivity index (χ3n) is 5.30. The number of nitrogens with zero attached hydrogens (tertiary/aromatic N) is 2. The highest BCUT2D eigenvalue weighted by Crippen LogP contribution is 2.19. The van der Waals surface area contributed by atoms with Crippen molar-refractivity contribution in [1.29, 1.82) is 0 Å². The molecule has 0 spiro atoms. The van der Waals surface area contributed by atoms with Crippen LogP contribution in [-0.4, -0.2) is 33.3 Å². The van der Waals surface area contributed by atoms with E-state index in [4.69, 9.17) is 14.5 Å². The molecule has 34 heavy (non-hydrogen) atoms. The monoisotopic (exact) mass is 465 g/mol. The molecule has 0 aliphatic rings. The molecule has 0 aliphatic heterocycles. The van der Waals surface area contributed by atoms with Gasteiger partial charge in [0, 0.05) is 13.0 Å². The number of alkyl carbamates (subject to hydrolysis) is 1. The SMILES string of the molecule is CCCCCn1c(CC(NC(=O)OC(C)(C)C)C(=O)OCc2ccccc2)nc2ccccc21. The van der Waals surface area contributed by atoms with Gasteiger partial charge in [0.15, 0.2) is 0 Å². The Bertz CT molecular complexity index is 1090. The maximum absolute atomic E-state index is 13.1. The van der Waals surface area contributed by atoms with Gasteiger partial charge in [-0.2, -0.15) is 0 Å². The van der Waals surface area contributed by atoms with Gasteiger partial charge in [0.05, 0.1) is 11.0 Å². The van der Waals surface area contributed by atoms with Crippen LogP contribution in [0.5, 0.6) is 0 Å². The van der Waals surface area contributed by atoms with E-state index in [1.807, 2.05) is 54.6 Å². The minimum absolute atomic E-state index is 0.124. The van der Waals surface area contributed by atoms with Crippen molar-refractivity contribution in [1.82, 2.24) is 14.9 Å². The summed E-state index contributed by atoms with van der Waals surface area (Å²) in [5.74, 6) is 0.205. The average Bonchev–Trinajstić information content (AvgIpc) is 3.14. The van der Waals surface area contributed by atoms with E-state index in [0.717, 1.165) is 48.2 Å². The van der Waals surface area contributed by atoms with Crippen molar-refractivity contribution >= 4 is 23.1 Å². The van der Waals surface area contributed by atoms with Crippen LogP contribution >= 0.6 is 0 Å². The van der Waals surface area contributed by atoms with Crippen molar-refractivity contribution in [3.05, 3.63) is 66.0 Å². The molecule has 1 N–H and O–H groups in total. The number of carbonyl (C=O) groups is 2. The number of hydrogen-bond donors (Lipinski definition) is 1. The predicted molar refractivity (Wildman–Crippen MR) is 132 cm³/mol. The summed E-state index contributed by atoms with van der Waals surface area (Å²) in [6.45, 7) is 8.42. The largest absolute Gasteiger partial charge is 0.459 e. The topological polar surface area (TPSA) is 82.5 Å². The number of aromatic nitrogens is 2. The average molecular weight is 466 g/mol. The van der Waals surface area contributed by atoms with Crippen molar-refractivity contribution in [2.24, 2.45) is 0 Å². The second-order valence-electron chi connectivity index (χ2n) is 9.37. The first-order valence-electron chi connectivity index (χ1n) is 11.9. The number of carbonyl (C=O) groups excluding carboxylic acids is 2. The zero-order valence-corrected chi connectivity index (χ0v) is 20.5. The molecule has 7 heteroatoms. The molecule has 0 aliphatic carbocycles. The molecule has 1 aromatic heterocycles. The number of nitrogens with one attached hydrogen (secondary N) is 1. The summed E-state index contributed by atoms with van der Waals surface area (Å²) in [4.78, 5) is 30.4. The van der Waals surface area contributed by atoms with Crippen molar-refractivity contribution in [2.75, 3.05) is 0 Å². The third kappa shape index (κ3) is 7.33. The standard InChI is InChI=1S/C27H35N3O4/c1-5-6-12-17-30-23-16-11-10-15-21(23)28-24(30)18-22(29-26(32)34-27(2,3)4)25(31)33-19-20-13-8-7-9-14-20/h7-11,13-16,22H,5-6,12,17-19H2,1-4H3,(H,29,32). The van der Waals surface area contributed by atoms with Gasteiger partial charge in [-0.3, -0.25) is 0 Å². The summed E-state index contributed by atoms with van der Waals surface area (Å²) in [6.07, 6.45) is 2.75. The van der Waals surface area contributed by atoms with Crippen LogP contribution in [0.4, 0.5) is 4.79 Å². The van der Waals surface area contributed by atoms with Crippen molar-refractivity contribution < 1.29 is 19.1 Å². The van der Waals surface area contributed by atoms with E-state index in [9.17, 15) is 9.59 Å². The Labute approximate surface area is 201 Å². The Kier molecular flexibility index (Phi) is 8.68. The van der Waals surface area contributed by atoms with Crippen LogP contribution in [0.15, 0.2) is 54.6 Å². The Hall–Kier alpha value is -3.35. The van der Waals surface area contributed by atoms with Gasteiger partial charge in [0.2, 0.25) is 0 Å². The maximum Gasteiger partial charge on any atom is 0.408 e. The summed E-state index contributed by atoms with van der Waals surface area (Å²) >= 11 is 0. The number of fused-ring (bicyclic) bond motifs is 1. The molecule has 1 atom stereocenters. The molecule has 3 rings (SSSR count). The summed E-state index contributed by atoms with van der Waals surface area (Å²) in [7, 11) is 0. The quantitative estimate of drug-likeness (QED) is 0.320. The molecule has 2 aromatic carbocycles. The second-order valence-corrected chi connectivity index (χ2v) is 9.37. The Morgan fingerprint density at radius 2 is 1.74 bits per heavy atom. The highest BCUT2D eigenvalue weighted by atomic mass is 16.6. The number of aryl methyl sites for hydroxylation is 1. The van der Waals surface area contributed by atoms with Crippen molar-refractivity contribution in [2.45, 2.75) is 78.2 Å². The predicted octanol–water partition coefficient (Wildman–Crippen LogP) is 5.41. The maximum atomic E-state index is 13.1. The smallest absolute Gasteiger partial charge is 0.408 e. The van der Waals surface area contributed by atoms with Crippen LogP contribution in [0.25, 0.3) is 11.0 Å². The van der Waals surface area contributed by atoms with Gasteiger partial charge in [0.25, 0.3) is 0 Å². The Balaban J connectivity index is 1.83. The van der Waals surface area contributed by atoms with Crippen molar-refractivity contribution in [3.63, 3.8) is 0 Å². The number of benzene rings is 2. The van der Waals surface area contributed by atoms with Crippen LogP contribution in [0.1, 0.15) is 58.3 Å². The molecule has 7 nitrogen and oxygen atoms in total. The van der Waals surface area contributed by atoms with E-state index in [-0.39, 0.29) is 13.0 Å². The molecule has 1 unspecified atom stereocenters. The summed E-state index contributed by atoms with van der Waals surface area (Å²) < 4.78 is 13.1. The number of unbranched alkanes of at least 4 members (excludes halogenated alkanes) is 2. The number of ether oxygens (including phenoxy) is 2. The number of amides is 1. The van der Waals surface area contributed by atoms with E-state index in [2.05, 4.69) is 16.8 Å². The van der Waals surface area contributed by atoms with Gasteiger partial charge in [0.1, 0.15) is 24.1 Å². The van der Waals surface area contributed by atoms with Crippen LogP contribution in [0.3, 0.4) is 0 Å². The lowest BCUT2D eigenvalue weighted by Crippen LogP contribution is -2.45. The zero-order chi connectivity index (χ0) is 24.6. The van der Waals surface area contributed by atoms with E-state index >= 15 is 0 Å². The van der Waals surface area contributed by atoms with Crippen LogP contribution in [0, 0.1) is 0 Å². The minimum atomic E-state index is -0.930. The van der Waals surface area contributed by atoms with E-state index in [1.54, 1.807) is 20.8 Å². The van der Waals surface area contributed by atoms with Gasteiger partial charge in [-0.25, -0.2) is 14.6 Å². The molecule has 0 fully saturated rings. The van der Waals surface area contributed by atoms with E-state index in [0.29, 0.717) is 0 Å². The van der Waals surface area contributed by atoms with Gasteiger partial charge in [-0.1, -0.05) is 62.2 Å². The first-order chi connectivity index (χ1) is 16.3. The molecule has 1 heterocycles. The number of para-hydroxylation sites is 2. The molecule has 0 radical (unpaired) electrons. The lowest BCUT2D eigenvalue weighted by molar-refractivity contribution is -0.147. The summed E-state index contributed by atoms with van der Waals surface area (Å²) in [5.41, 5.74) is 2.07. The molecule has 0 saturated carbocycles. The number of esters is 1. The molecular weight excluding hydrogens is 430 g/mol. The van der Waals surface area contributed by atoms with Crippen LogP contribution in [-0.2, 0) is 33.8 Å². The molecule has 0 bridgehead atoms. The highest BCUT2D eigenvalue weighted by molar-refractivity contribution is 5.82. The molecule has 1 amide bonds. The van der Waals surface area contributed by atoms with E-state index in [1.165, 1.54) is 0 Å². The zero-order valence-electron chi connectivity index (χ0n) is 20.5. The molecule has 3 aromatic rings. The van der Waals surface area contributed by atoms with Gasteiger partial charge in [-0.15, -0.1) is 0 Å². The van der Waals surface area contributed by atoms with Gasteiger partial charge in [-0.05, 0) is 44.9 Å². The third-order valence-corrected chi connectivity index (χ3v) is 5.30. The van der Waals surface area contributed by atoms with Gasteiger partial charge < -0.3 is 19.4 Å². The lowest BCUT2D eigenvalue weighted by atomic mass is 10.2. The fourth-order valence-corrected chi connectivity index (χ4v) is 3.71. The van der Waals surface area contributed by atoms with Crippen LogP contribution < -0.4 is 5.32 Å². The number of hydrogen-bond acceptors (Lipinski definition) is 5. The summed E-state index contributed by atoms with van der Waals surface area (Å²) in [5, 5.41) is 2.71. The molecule has 182 valence electrons. The molecular formula is C27H35N3O4. The highest BCUT2D eigenvalue weighted by Gasteiger charge is 2.28. The fraction of sp³-hybridized carbons (Fsp3) is 0.444. The Morgan fingerprint density at radius 1 is 1.03 bits per heavy atom. The van der Waals surface area contributed by atoms with Crippen LogP contribution in [0.2, 0.25) is 0 Å². The first kappa shape index (κ1) is 25.3.